The summed E-state index contributed by atoms with van der Waals surface area (Å²) >= 11 is 0. The van der Waals surface area contributed by atoms with Crippen LogP contribution in [-0.2, 0) is 36.6 Å². The maximum absolute atomic E-state index is 11.4. The lowest BCUT2D eigenvalue weighted by Gasteiger charge is -2.19. The molecule has 0 aliphatic heterocycles. The molecule has 0 heterocycles. The molecule has 2 aromatic carbocycles. The number of rotatable bonds is 12. The summed E-state index contributed by atoms with van der Waals surface area (Å²) in [6.45, 7) is 12.1. The van der Waals surface area contributed by atoms with Gasteiger partial charge in [-0.2, -0.15) is 0 Å². The monoisotopic (exact) mass is 604 g/mol. The van der Waals surface area contributed by atoms with Crippen molar-refractivity contribution in [1.29, 1.82) is 0 Å². The van der Waals surface area contributed by atoms with E-state index in [9.17, 15) is 19.2 Å². The quantitative estimate of drug-likeness (QED) is 0.179. The van der Waals surface area contributed by atoms with E-state index in [0.29, 0.717) is 43.4 Å². The lowest BCUT2D eigenvalue weighted by Crippen LogP contribution is -2.34. The molecule has 238 valence electrons. The number of benzene rings is 2. The summed E-state index contributed by atoms with van der Waals surface area (Å²) in [6, 6.07) is 13.9. The van der Waals surface area contributed by atoms with E-state index in [1.165, 1.54) is 7.11 Å². The molecule has 0 radical (unpaired) electrons. The smallest absolute Gasteiger partial charge is 0.407 e. The molecule has 0 unspecified atom stereocenters. The van der Waals surface area contributed by atoms with Crippen LogP contribution in [0.2, 0.25) is 0 Å². The Balaban J connectivity index is 0.000000430. The van der Waals surface area contributed by atoms with E-state index in [1.807, 2.05) is 0 Å². The van der Waals surface area contributed by atoms with Crippen molar-refractivity contribution in [1.82, 2.24) is 10.6 Å². The first-order chi connectivity index (χ1) is 20.1. The fourth-order valence-electron chi connectivity index (χ4n) is 3.09. The van der Waals surface area contributed by atoms with Crippen molar-refractivity contribution in [3.8, 4) is 11.5 Å². The van der Waals surface area contributed by atoms with Gasteiger partial charge in [0.1, 0.15) is 35.9 Å². The lowest BCUT2D eigenvalue weighted by molar-refractivity contribution is -0.140. The fraction of sp³-hybridized carbons (Fsp3) is 0.484. The molecule has 0 atom stereocenters. The molecule has 0 aliphatic rings. The number of esters is 1. The molecule has 0 bridgehead atoms. The lowest BCUT2D eigenvalue weighted by atomic mass is 10.1. The summed E-state index contributed by atoms with van der Waals surface area (Å²) in [6.07, 6.45) is -0.732. The van der Waals surface area contributed by atoms with Gasteiger partial charge in [0.2, 0.25) is 0 Å². The molecule has 0 aliphatic carbocycles. The number of carbonyl (C=O) groups excluding carboxylic acids is 3. The van der Waals surface area contributed by atoms with Crippen molar-refractivity contribution in [3.63, 3.8) is 0 Å². The van der Waals surface area contributed by atoms with E-state index >= 15 is 0 Å². The Hall–Kier alpha value is -4.48. The maximum atomic E-state index is 11.4. The zero-order valence-electron chi connectivity index (χ0n) is 26.0. The second kappa shape index (κ2) is 18.1. The highest BCUT2D eigenvalue weighted by atomic mass is 16.6. The van der Waals surface area contributed by atoms with Gasteiger partial charge in [-0.1, -0.05) is 24.3 Å². The Morgan fingerprint density at radius 3 is 1.35 bits per heavy atom. The first kappa shape index (κ1) is 36.5. The fourth-order valence-corrected chi connectivity index (χ4v) is 3.09. The summed E-state index contributed by atoms with van der Waals surface area (Å²) in [4.78, 5) is 44.5. The first-order valence-electron chi connectivity index (χ1n) is 13.7. The van der Waals surface area contributed by atoms with Gasteiger partial charge < -0.3 is 39.4 Å². The standard InChI is InChI=1S/C16H23NO5.C15H21NO5/c1-16(2,3)22-15(19)17-9-10-21-13-7-5-12(6-8-13)11-14(18)20-4;1-15(2,3)21-14(19)16-8-9-20-12-6-4-11(5-7-12)10-13(17)18/h5-8H,9-11H2,1-4H3,(H,17,19);4-7H,8-10H2,1-3H3,(H,16,19)(H,17,18). The van der Waals surface area contributed by atoms with Gasteiger partial charge in [0.25, 0.3) is 0 Å². The minimum absolute atomic E-state index is 0.0134. The highest BCUT2D eigenvalue weighted by Crippen LogP contribution is 2.14. The molecule has 0 spiro atoms. The zero-order valence-corrected chi connectivity index (χ0v) is 26.0. The third-order valence-corrected chi connectivity index (χ3v) is 4.86. The predicted molar refractivity (Wildman–Crippen MR) is 159 cm³/mol. The van der Waals surface area contributed by atoms with Crippen LogP contribution >= 0.6 is 0 Å². The number of alkyl carbamates (subject to hydrolysis) is 2. The van der Waals surface area contributed by atoms with Gasteiger partial charge in [-0.05, 0) is 76.9 Å². The van der Waals surface area contributed by atoms with E-state index in [2.05, 4.69) is 15.4 Å². The van der Waals surface area contributed by atoms with Crippen LogP contribution < -0.4 is 20.1 Å². The third kappa shape index (κ3) is 19.3. The summed E-state index contributed by atoms with van der Waals surface area (Å²) < 4.78 is 25.7. The molecule has 3 N–H and O–H groups in total. The number of aliphatic carboxylic acids is 1. The van der Waals surface area contributed by atoms with Crippen LogP contribution in [0.1, 0.15) is 52.7 Å². The number of carbonyl (C=O) groups is 4. The molecule has 43 heavy (non-hydrogen) atoms. The molecule has 2 aromatic rings. The van der Waals surface area contributed by atoms with Gasteiger partial charge in [-0.3, -0.25) is 9.59 Å². The van der Waals surface area contributed by atoms with E-state index < -0.39 is 29.4 Å². The van der Waals surface area contributed by atoms with Crippen molar-refractivity contribution in [2.24, 2.45) is 0 Å². The summed E-state index contributed by atoms with van der Waals surface area (Å²) in [5, 5.41) is 13.8. The molecule has 0 fully saturated rings. The average molecular weight is 605 g/mol. The van der Waals surface area contributed by atoms with Crippen LogP contribution in [0, 0.1) is 0 Å². The summed E-state index contributed by atoms with van der Waals surface area (Å²) in [5.41, 5.74) is 0.526. The second-order valence-electron chi connectivity index (χ2n) is 11.2. The average Bonchev–Trinajstić information content (AvgIpc) is 2.89. The SMILES string of the molecule is CC(C)(C)OC(=O)NCCOc1ccc(CC(=O)O)cc1.COC(=O)Cc1ccc(OCCNC(=O)OC(C)(C)C)cc1. The van der Waals surface area contributed by atoms with Crippen molar-refractivity contribution >= 4 is 24.1 Å². The molecule has 0 aromatic heterocycles. The number of hydrogen-bond donors (Lipinski definition) is 3. The van der Waals surface area contributed by atoms with Crippen molar-refractivity contribution in [2.45, 2.75) is 65.6 Å². The van der Waals surface area contributed by atoms with Crippen LogP contribution in [0.4, 0.5) is 9.59 Å². The van der Waals surface area contributed by atoms with Crippen molar-refractivity contribution < 1.29 is 48.0 Å². The third-order valence-electron chi connectivity index (χ3n) is 4.86. The second-order valence-corrected chi connectivity index (χ2v) is 11.2. The predicted octanol–water partition coefficient (Wildman–Crippen LogP) is 4.52. The number of carboxylic acid groups (broad SMARTS) is 1. The van der Waals surface area contributed by atoms with E-state index in [4.69, 9.17) is 24.1 Å². The van der Waals surface area contributed by atoms with E-state index in [0.717, 1.165) is 5.56 Å². The number of hydrogen-bond acceptors (Lipinski definition) is 9. The van der Waals surface area contributed by atoms with Gasteiger partial charge in [0, 0.05) is 0 Å². The highest BCUT2D eigenvalue weighted by molar-refractivity contribution is 5.72. The topological polar surface area (TPSA) is 159 Å². The van der Waals surface area contributed by atoms with E-state index in [1.54, 1.807) is 90.1 Å². The Morgan fingerprint density at radius 1 is 0.651 bits per heavy atom. The van der Waals surface area contributed by atoms with Crippen molar-refractivity contribution in [3.05, 3.63) is 59.7 Å². The summed E-state index contributed by atoms with van der Waals surface area (Å²) in [5.74, 6) is 0.134. The van der Waals surface area contributed by atoms with Gasteiger partial charge in [-0.15, -0.1) is 0 Å². The normalized spacial score (nSPS) is 10.8. The molecule has 12 nitrogen and oxygen atoms in total. The van der Waals surface area contributed by atoms with Gasteiger partial charge in [0.15, 0.2) is 0 Å². The number of amides is 2. The number of carboxylic acids is 1. The Bertz CT molecular complexity index is 1150. The van der Waals surface area contributed by atoms with Gasteiger partial charge >= 0.3 is 24.1 Å². The van der Waals surface area contributed by atoms with Crippen LogP contribution in [-0.4, -0.2) is 73.8 Å². The number of nitrogens with one attached hydrogen (secondary N) is 2. The molecule has 0 saturated heterocycles. The zero-order chi connectivity index (χ0) is 32.5. The van der Waals surface area contributed by atoms with Crippen LogP contribution in [0.25, 0.3) is 0 Å². The van der Waals surface area contributed by atoms with Crippen LogP contribution in [0.15, 0.2) is 48.5 Å². The van der Waals surface area contributed by atoms with Crippen molar-refractivity contribution in [2.75, 3.05) is 33.4 Å². The Kier molecular flexibility index (Phi) is 15.4. The Morgan fingerprint density at radius 2 is 1.02 bits per heavy atom. The minimum Gasteiger partial charge on any atom is -0.492 e. The largest absolute Gasteiger partial charge is 0.492 e. The Labute approximate surface area is 253 Å². The molecular weight excluding hydrogens is 560 g/mol. The maximum Gasteiger partial charge on any atom is 0.407 e. The van der Waals surface area contributed by atoms with E-state index in [-0.39, 0.29) is 18.8 Å². The summed E-state index contributed by atoms with van der Waals surface area (Å²) in [7, 11) is 1.36. The molecule has 12 heteroatoms. The molecule has 0 saturated carbocycles. The van der Waals surface area contributed by atoms with Crippen LogP contribution in [0.3, 0.4) is 0 Å². The van der Waals surface area contributed by atoms with Crippen LogP contribution in [0.5, 0.6) is 11.5 Å². The van der Waals surface area contributed by atoms with Gasteiger partial charge in [0.05, 0.1) is 33.0 Å². The first-order valence-corrected chi connectivity index (χ1v) is 13.7. The minimum atomic E-state index is -0.870. The molecule has 2 rings (SSSR count). The number of methoxy groups -OCH3 is 1. The molecular formula is C31H44N2O10. The van der Waals surface area contributed by atoms with Gasteiger partial charge in [-0.25, -0.2) is 9.59 Å². The molecule has 2 amide bonds. The number of ether oxygens (including phenoxy) is 5. The highest BCUT2D eigenvalue weighted by Gasteiger charge is 2.16.